The molecule has 63 heavy (non-hydrogen) atoms. The zero-order valence-corrected chi connectivity index (χ0v) is 38.2. The van der Waals surface area contributed by atoms with Gasteiger partial charge in [0.15, 0.2) is 0 Å². The average Bonchev–Trinajstić information content (AvgIpc) is 3.88. The highest BCUT2D eigenvalue weighted by atomic mass is 32.1. The lowest BCUT2D eigenvalue weighted by Crippen LogP contribution is -2.61. The molecule has 12 rings (SSSR count). The smallest absolute Gasteiger partial charge is 0.334 e. The fraction of sp³-hybridized carbons (Fsp3) is 0.138. The molecule has 0 fully saturated rings. The van der Waals surface area contributed by atoms with Gasteiger partial charge in [0.2, 0.25) is 0 Å². The maximum atomic E-state index is 2.69. The number of benzene rings is 8. The number of nitrogens with zero attached hydrogens (tertiary/aromatic N) is 2. The van der Waals surface area contributed by atoms with Crippen LogP contribution in [0.3, 0.4) is 0 Å². The van der Waals surface area contributed by atoms with Crippen molar-refractivity contribution in [1.82, 2.24) is 0 Å². The van der Waals surface area contributed by atoms with E-state index in [1.807, 2.05) is 22.7 Å². The van der Waals surface area contributed by atoms with E-state index in [0.29, 0.717) is 0 Å². The van der Waals surface area contributed by atoms with Crippen molar-refractivity contribution in [2.75, 3.05) is 9.71 Å². The van der Waals surface area contributed by atoms with Gasteiger partial charge in [0.25, 0.3) is 0 Å². The predicted molar refractivity (Wildman–Crippen MR) is 277 cm³/mol. The number of fused-ring (bicyclic) bond motifs is 10. The van der Waals surface area contributed by atoms with Crippen molar-refractivity contribution in [1.29, 1.82) is 0 Å². The quantitative estimate of drug-likeness (QED) is 0.163. The van der Waals surface area contributed by atoms with E-state index < -0.39 is 0 Å². The Morgan fingerprint density at radius 3 is 1.73 bits per heavy atom. The number of thiophene rings is 2. The van der Waals surface area contributed by atoms with Gasteiger partial charge in [-0.25, -0.2) is 0 Å². The highest BCUT2D eigenvalue weighted by Gasteiger charge is 2.48. The summed E-state index contributed by atoms with van der Waals surface area (Å²) >= 11 is 3.85. The molecule has 0 saturated carbocycles. The molecule has 0 N–H and O–H groups in total. The van der Waals surface area contributed by atoms with Gasteiger partial charge < -0.3 is 9.71 Å². The van der Waals surface area contributed by atoms with Crippen molar-refractivity contribution in [2.45, 2.75) is 52.4 Å². The van der Waals surface area contributed by atoms with Crippen LogP contribution in [0.5, 0.6) is 0 Å². The molecule has 2 aliphatic heterocycles. The fourth-order valence-electron chi connectivity index (χ4n) is 10.2. The van der Waals surface area contributed by atoms with E-state index in [-0.39, 0.29) is 17.7 Å². The first kappa shape index (κ1) is 38.3. The lowest BCUT2D eigenvalue weighted by atomic mass is 9.43. The predicted octanol–water partition coefficient (Wildman–Crippen LogP) is 15.9. The Balaban J connectivity index is 1.25. The molecule has 0 unspecified atom stereocenters. The summed E-state index contributed by atoms with van der Waals surface area (Å²) in [6, 6.07) is 66.6. The largest absolute Gasteiger partial charge is 0.376 e. The molecule has 10 aromatic rings. The second-order valence-electron chi connectivity index (χ2n) is 19.3. The molecule has 2 aromatic heterocycles. The molecule has 0 aliphatic carbocycles. The molecule has 2 aliphatic rings. The second-order valence-corrected chi connectivity index (χ2v) is 21.4. The summed E-state index contributed by atoms with van der Waals surface area (Å²) in [5.41, 5.74) is 17.8. The third-order valence-electron chi connectivity index (χ3n) is 13.4. The van der Waals surface area contributed by atoms with Gasteiger partial charge in [-0.2, -0.15) is 0 Å². The van der Waals surface area contributed by atoms with Crippen LogP contribution < -0.4 is 20.6 Å². The third-order valence-corrected chi connectivity index (χ3v) is 15.8. The molecule has 5 heteroatoms. The van der Waals surface area contributed by atoms with Crippen molar-refractivity contribution in [3.63, 3.8) is 0 Å². The zero-order valence-electron chi connectivity index (χ0n) is 36.5. The highest BCUT2D eigenvalue weighted by Crippen LogP contribution is 2.55. The second kappa shape index (κ2) is 14.1. The monoisotopic (exact) mass is 846 g/mol. The van der Waals surface area contributed by atoms with Crippen LogP contribution in [0, 0.1) is 0 Å². The van der Waals surface area contributed by atoms with Crippen molar-refractivity contribution >= 4 is 98.5 Å². The van der Waals surface area contributed by atoms with Gasteiger partial charge in [-0.1, -0.05) is 163 Å². The van der Waals surface area contributed by atoms with Crippen molar-refractivity contribution in [3.05, 3.63) is 187 Å². The maximum Gasteiger partial charge on any atom is 0.334 e. The Hall–Kier alpha value is -6.40. The van der Waals surface area contributed by atoms with E-state index in [2.05, 4.69) is 227 Å². The lowest BCUT2D eigenvalue weighted by molar-refractivity contribution is 0.590. The number of anilines is 5. The summed E-state index contributed by atoms with van der Waals surface area (Å²) in [7, 11) is 0. The molecule has 304 valence electrons. The van der Waals surface area contributed by atoms with Crippen LogP contribution in [-0.4, -0.2) is 6.85 Å². The zero-order chi connectivity index (χ0) is 42.8. The van der Waals surface area contributed by atoms with Gasteiger partial charge in [0.05, 0.1) is 10.7 Å². The summed E-state index contributed by atoms with van der Waals surface area (Å²) < 4.78 is 3.95. The third kappa shape index (κ3) is 5.97. The molecule has 0 saturated heterocycles. The van der Waals surface area contributed by atoms with E-state index in [4.69, 9.17) is 0 Å². The van der Waals surface area contributed by atoms with Crippen LogP contribution in [0.15, 0.2) is 176 Å². The van der Waals surface area contributed by atoms with Crippen molar-refractivity contribution in [3.8, 4) is 33.4 Å². The van der Waals surface area contributed by atoms with Crippen molar-refractivity contribution in [2.24, 2.45) is 0 Å². The molecule has 4 heterocycles. The molecule has 0 spiro atoms. The molecular formula is C58H47BN2S2. The Bertz CT molecular complexity index is 3420. The van der Waals surface area contributed by atoms with Gasteiger partial charge in [-0.15, -0.1) is 22.7 Å². The molecule has 0 atom stereocenters. The van der Waals surface area contributed by atoms with E-state index in [1.165, 1.54) is 113 Å². The topological polar surface area (TPSA) is 6.48 Å². The summed E-state index contributed by atoms with van der Waals surface area (Å²) in [6.07, 6.45) is 0. The summed E-state index contributed by atoms with van der Waals surface area (Å²) in [5.74, 6) is 0. The molecular weight excluding hydrogens is 800 g/mol. The minimum absolute atomic E-state index is 0.0212. The number of hydrogen-bond acceptors (Lipinski definition) is 4. The van der Waals surface area contributed by atoms with Gasteiger partial charge in [0, 0.05) is 53.1 Å². The molecule has 8 aromatic carbocycles. The number of rotatable bonds is 4. The average molecular weight is 847 g/mol. The van der Waals surface area contributed by atoms with Gasteiger partial charge >= 0.3 is 6.85 Å². The van der Waals surface area contributed by atoms with Gasteiger partial charge in [0.1, 0.15) is 0 Å². The van der Waals surface area contributed by atoms with Crippen LogP contribution in [0.2, 0.25) is 0 Å². The molecule has 2 nitrogen and oxygen atoms in total. The van der Waals surface area contributed by atoms with Crippen molar-refractivity contribution < 1.29 is 0 Å². The lowest BCUT2D eigenvalue weighted by Gasteiger charge is -2.45. The minimum atomic E-state index is -0.0870. The van der Waals surface area contributed by atoms with Gasteiger partial charge in [-0.05, 0) is 115 Å². The Morgan fingerprint density at radius 2 is 1.03 bits per heavy atom. The van der Waals surface area contributed by atoms with Crippen LogP contribution in [0.4, 0.5) is 27.8 Å². The first-order chi connectivity index (χ1) is 30.5. The first-order valence-corrected chi connectivity index (χ1v) is 23.8. The molecule has 0 amide bonds. The minimum Gasteiger partial charge on any atom is -0.376 e. The van der Waals surface area contributed by atoms with E-state index >= 15 is 0 Å². The Labute approximate surface area is 378 Å². The normalized spacial score (nSPS) is 13.5. The molecule has 0 bridgehead atoms. The standard InChI is InChI=1S/C58H47BN2S2/c1-57(2,3)39-25-28-41(29-26-39)61-48-32-30-43-42-21-13-15-23-50(42)62-55(43)52(48)46-33-38(36-17-9-7-10-18-36)34-49-53(46)59(61)54-44-22-14-16-24-51(44)63-56(54)60(49)47-31-27-40(58(4,5)6)35-45(47)37-19-11-8-12-20-37/h7-35H,1-6H3. The SMILES string of the molecule is CC(C)(C)c1ccc(N2B3c4c(cc(-c5ccccc5)cc4N(c4ccc(C(C)(C)C)cc4-c4ccccc4)c4sc5ccccc5c43)-c3c2ccc2c3sc3ccccc32)cc1. The molecule has 0 radical (unpaired) electrons. The summed E-state index contributed by atoms with van der Waals surface area (Å²) in [4.78, 5) is 5.34. The highest BCUT2D eigenvalue weighted by molar-refractivity contribution is 7.27. The van der Waals surface area contributed by atoms with E-state index in [9.17, 15) is 0 Å². The number of hydrogen-bond donors (Lipinski definition) is 0. The van der Waals surface area contributed by atoms with Crippen LogP contribution in [0.25, 0.3) is 63.6 Å². The van der Waals surface area contributed by atoms with Crippen LogP contribution in [0.1, 0.15) is 52.7 Å². The van der Waals surface area contributed by atoms with Gasteiger partial charge in [-0.3, -0.25) is 0 Å². The van der Waals surface area contributed by atoms with Crippen LogP contribution in [-0.2, 0) is 10.8 Å². The Morgan fingerprint density at radius 1 is 0.429 bits per heavy atom. The summed E-state index contributed by atoms with van der Waals surface area (Å²) in [5, 5.41) is 5.21. The maximum absolute atomic E-state index is 2.69. The fourth-order valence-corrected chi connectivity index (χ4v) is 12.7. The Kier molecular flexibility index (Phi) is 8.54. The first-order valence-electron chi connectivity index (χ1n) is 22.1. The summed E-state index contributed by atoms with van der Waals surface area (Å²) in [6.45, 7) is 13.8. The van der Waals surface area contributed by atoms with E-state index in [1.54, 1.807) is 0 Å². The van der Waals surface area contributed by atoms with E-state index in [0.717, 1.165) is 0 Å². The van der Waals surface area contributed by atoms with Crippen LogP contribution >= 0.6 is 22.7 Å².